The van der Waals surface area contributed by atoms with Gasteiger partial charge in [0.2, 0.25) is 11.8 Å². The molecular formula is C20H29F4N3O4. The number of rotatable bonds is 12. The van der Waals surface area contributed by atoms with Crippen molar-refractivity contribution >= 4 is 17.8 Å². The van der Waals surface area contributed by atoms with Gasteiger partial charge in [-0.2, -0.15) is 13.2 Å². The van der Waals surface area contributed by atoms with Crippen LogP contribution in [-0.2, 0) is 20.8 Å². The number of carbonyl (C=O) groups is 3. The summed E-state index contributed by atoms with van der Waals surface area (Å²) in [6, 6.07) is 5.93. The number of carbonyl (C=O) groups excluding carboxylic acids is 3. The molecule has 0 fully saturated rings. The lowest BCUT2D eigenvalue weighted by atomic mass is 10.1. The molecule has 0 spiro atoms. The highest BCUT2D eigenvalue weighted by Gasteiger charge is 2.28. The van der Waals surface area contributed by atoms with Crippen molar-refractivity contribution in [2.45, 2.75) is 51.1 Å². The third-order valence-corrected chi connectivity index (χ3v) is 3.91. The van der Waals surface area contributed by atoms with Gasteiger partial charge in [-0.25, -0.2) is 4.39 Å². The smallest absolute Gasteiger partial charge is 0.430 e. The molecule has 0 unspecified atom stereocenters. The lowest BCUT2D eigenvalue weighted by Gasteiger charge is -2.07. The minimum Gasteiger partial charge on any atom is -0.542 e. The third kappa shape index (κ3) is 16.8. The molecule has 2 amide bonds. The first-order valence-corrected chi connectivity index (χ1v) is 9.91. The second-order valence-corrected chi connectivity index (χ2v) is 6.66. The van der Waals surface area contributed by atoms with Gasteiger partial charge >= 0.3 is 6.18 Å². The van der Waals surface area contributed by atoms with Crippen LogP contribution in [0.4, 0.5) is 17.6 Å². The number of hydrogen-bond donors (Lipinski definition) is 3. The van der Waals surface area contributed by atoms with Crippen LogP contribution in [0.15, 0.2) is 24.3 Å². The van der Waals surface area contributed by atoms with Crippen molar-refractivity contribution in [3.63, 3.8) is 0 Å². The van der Waals surface area contributed by atoms with E-state index >= 15 is 0 Å². The fourth-order valence-corrected chi connectivity index (χ4v) is 2.28. The highest BCUT2D eigenvalue weighted by Crippen LogP contribution is 2.11. The van der Waals surface area contributed by atoms with Crippen LogP contribution in [0.3, 0.4) is 0 Å². The van der Waals surface area contributed by atoms with Crippen LogP contribution >= 0.6 is 0 Å². The van der Waals surface area contributed by atoms with E-state index < -0.39 is 12.1 Å². The Labute approximate surface area is 178 Å². The molecule has 176 valence electrons. The average Bonchev–Trinajstić information content (AvgIpc) is 2.69. The van der Waals surface area contributed by atoms with Gasteiger partial charge in [0.25, 0.3) is 0 Å². The molecule has 7 nitrogen and oxygen atoms in total. The van der Waals surface area contributed by atoms with Gasteiger partial charge in [0.1, 0.15) is 11.8 Å². The van der Waals surface area contributed by atoms with Crippen LogP contribution in [0.5, 0.6) is 0 Å². The lowest BCUT2D eigenvalue weighted by molar-refractivity contribution is -0.368. The molecule has 0 heterocycles. The van der Waals surface area contributed by atoms with E-state index in [2.05, 4.69) is 16.4 Å². The predicted octanol–water partition coefficient (Wildman–Crippen LogP) is 0.482. The second kappa shape index (κ2) is 16.1. The highest BCUT2D eigenvalue weighted by molar-refractivity contribution is 5.78. The van der Waals surface area contributed by atoms with Crippen molar-refractivity contribution in [2.75, 3.05) is 19.6 Å². The minimum absolute atomic E-state index is 0.0731. The number of nitrogens with one attached hydrogen (secondary N) is 2. The summed E-state index contributed by atoms with van der Waals surface area (Å²) < 4.78 is 44.3. The number of unbranched alkanes of at least 4 members (excludes halogenated alkanes) is 3. The molecule has 0 saturated heterocycles. The maximum absolute atomic E-state index is 12.8. The summed E-state index contributed by atoms with van der Waals surface area (Å²) in [7, 11) is 0. The zero-order valence-electron chi connectivity index (χ0n) is 17.2. The Morgan fingerprint density at radius 2 is 1.39 bits per heavy atom. The van der Waals surface area contributed by atoms with Crippen molar-refractivity contribution in [1.29, 1.82) is 0 Å². The molecule has 5 N–H and O–H groups in total. The molecule has 1 aromatic rings. The quantitative estimate of drug-likeness (QED) is 0.316. The maximum atomic E-state index is 12.8. The maximum Gasteiger partial charge on any atom is 0.430 e. The Morgan fingerprint density at radius 1 is 0.871 bits per heavy atom. The molecule has 0 aliphatic rings. The lowest BCUT2D eigenvalue weighted by Crippen LogP contribution is -2.50. The molecule has 0 atom stereocenters. The third-order valence-electron chi connectivity index (χ3n) is 3.91. The molecule has 0 radical (unpaired) electrons. The second-order valence-electron chi connectivity index (χ2n) is 6.66. The van der Waals surface area contributed by atoms with Crippen LogP contribution in [0.2, 0.25) is 0 Å². The van der Waals surface area contributed by atoms with Crippen LogP contribution in [-0.4, -0.2) is 43.6 Å². The number of alkyl halides is 3. The SMILES string of the molecule is O=C([O-])C(F)(F)F.[NH3+]CCCCCC(=O)NCCCCNC(=O)Cc1ccc(F)cc1. The number of amides is 2. The molecule has 1 rings (SSSR count). The fraction of sp³-hybridized carbons (Fsp3) is 0.550. The normalized spacial score (nSPS) is 10.6. The molecule has 0 saturated carbocycles. The molecule has 0 aliphatic heterocycles. The Hall–Kier alpha value is -2.69. The van der Waals surface area contributed by atoms with Gasteiger partial charge in [0, 0.05) is 19.5 Å². The molecule has 31 heavy (non-hydrogen) atoms. The average molecular weight is 451 g/mol. The van der Waals surface area contributed by atoms with Crippen molar-refractivity contribution in [2.24, 2.45) is 0 Å². The molecule has 0 bridgehead atoms. The molecule has 0 aliphatic carbocycles. The minimum atomic E-state index is -5.19. The monoisotopic (exact) mass is 451 g/mol. The summed E-state index contributed by atoms with van der Waals surface area (Å²) >= 11 is 0. The first-order valence-electron chi connectivity index (χ1n) is 9.91. The summed E-state index contributed by atoms with van der Waals surface area (Å²) in [5.74, 6) is -3.29. The Balaban J connectivity index is 0.00000110. The summed E-state index contributed by atoms with van der Waals surface area (Å²) in [6.45, 7) is 2.15. The Kier molecular flexibility index (Phi) is 14.7. The zero-order valence-corrected chi connectivity index (χ0v) is 17.2. The van der Waals surface area contributed by atoms with E-state index in [-0.39, 0.29) is 24.1 Å². The van der Waals surface area contributed by atoms with Gasteiger partial charge in [0.15, 0.2) is 0 Å². The zero-order chi connectivity index (χ0) is 23.7. The van der Waals surface area contributed by atoms with Gasteiger partial charge < -0.3 is 26.3 Å². The number of hydrogen-bond acceptors (Lipinski definition) is 4. The van der Waals surface area contributed by atoms with Crippen molar-refractivity contribution < 1.29 is 42.8 Å². The van der Waals surface area contributed by atoms with Gasteiger partial charge in [-0.05, 0) is 49.8 Å². The van der Waals surface area contributed by atoms with E-state index in [1.54, 1.807) is 12.1 Å². The fourth-order valence-electron chi connectivity index (χ4n) is 2.28. The molecular weight excluding hydrogens is 422 g/mol. The van der Waals surface area contributed by atoms with Crippen molar-refractivity contribution in [3.8, 4) is 0 Å². The summed E-state index contributed by atoms with van der Waals surface area (Å²) in [4.78, 5) is 32.1. The van der Waals surface area contributed by atoms with E-state index in [4.69, 9.17) is 9.90 Å². The highest BCUT2D eigenvalue weighted by atomic mass is 19.4. The standard InChI is InChI=1S/C18H28FN3O2.C2HF3O2/c19-16-9-7-15(8-10-16)14-18(24)22-13-5-4-12-21-17(23)6-2-1-3-11-20;3-2(4,5)1(6)7/h7-10H,1-6,11-14,20H2,(H,21,23)(H,22,24);(H,6,7). The molecule has 11 heteroatoms. The van der Waals surface area contributed by atoms with E-state index in [0.29, 0.717) is 19.5 Å². The molecule has 0 aromatic heterocycles. The van der Waals surface area contributed by atoms with Gasteiger partial charge in [0.05, 0.1) is 13.0 Å². The Bertz CT molecular complexity index is 667. The van der Waals surface area contributed by atoms with E-state index in [9.17, 15) is 27.2 Å². The van der Waals surface area contributed by atoms with Crippen LogP contribution in [0.1, 0.15) is 44.1 Å². The van der Waals surface area contributed by atoms with Gasteiger partial charge in [-0.1, -0.05) is 12.1 Å². The van der Waals surface area contributed by atoms with Crippen LogP contribution in [0.25, 0.3) is 0 Å². The summed E-state index contributed by atoms with van der Waals surface area (Å²) in [6.07, 6.45) is 0.333. The number of benzene rings is 1. The number of carboxylic acid groups (broad SMARTS) is 1. The van der Waals surface area contributed by atoms with Crippen molar-refractivity contribution in [1.82, 2.24) is 10.6 Å². The predicted molar refractivity (Wildman–Crippen MR) is 103 cm³/mol. The van der Waals surface area contributed by atoms with Gasteiger partial charge in [-0.15, -0.1) is 0 Å². The van der Waals surface area contributed by atoms with E-state index in [1.807, 2.05) is 0 Å². The first-order chi connectivity index (χ1) is 14.6. The van der Waals surface area contributed by atoms with Crippen LogP contribution in [0, 0.1) is 5.82 Å². The number of halogens is 4. The Morgan fingerprint density at radius 3 is 1.87 bits per heavy atom. The van der Waals surface area contributed by atoms with Gasteiger partial charge in [-0.3, -0.25) is 9.59 Å². The largest absolute Gasteiger partial charge is 0.542 e. The van der Waals surface area contributed by atoms with E-state index in [1.165, 1.54) is 12.1 Å². The number of carboxylic acids is 1. The summed E-state index contributed by atoms with van der Waals surface area (Å²) in [5, 5.41) is 14.5. The first kappa shape index (κ1) is 28.3. The number of quaternary nitrogens is 1. The number of aliphatic carboxylic acids is 1. The molecule has 1 aromatic carbocycles. The van der Waals surface area contributed by atoms with Crippen LogP contribution < -0.4 is 21.5 Å². The topological polar surface area (TPSA) is 126 Å². The van der Waals surface area contributed by atoms with E-state index in [0.717, 1.165) is 44.2 Å². The van der Waals surface area contributed by atoms with Crippen molar-refractivity contribution in [3.05, 3.63) is 35.6 Å². The summed E-state index contributed by atoms with van der Waals surface area (Å²) in [5.41, 5.74) is 4.57.